The lowest BCUT2D eigenvalue weighted by Gasteiger charge is -2.36. The normalized spacial score (nSPS) is 20.8. The summed E-state index contributed by atoms with van der Waals surface area (Å²) in [5.41, 5.74) is 4.12. The van der Waals surface area contributed by atoms with Crippen molar-refractivity contribution in [2.75, 3.05) is 13.2 Å². The van der Waals surface area contributed by atoms with E-state index in [-0.39, 0.29) is 37.1 Å². The van der Waals surface area contributed by atoms with Crippen LogP contribution in [-0.2, 0) is 14.4 Å². The topological polar surface area (TPSA) is 148 Å². The van der Waals surface area contributed by atoms with Crippen molar-refractivity contribution < 1.29 is 34.8 Å². The van der Waals surface area contributed by atoms with Crippen LogP contribution in [0, 0.1) is 17.8 Å². The highest BCUT2D eigenvalue weighted by Crippen LogP contribution is 2.47. The van der Waals surface area contributed by atoms with Gasteiger partial charge >= 0.3 is 5.97 Å². The summed E-state index contributed by atoms with van der Waals surface area (Å²) in [6, 6.07) is 16.8. The van der Waals surface area contributed by atoms with Crippen LogP contribution in [0.3, 0.4) is 0 Å². The summed E-state index contributed by atoms with van der Waals surface area (Å²) >= 11 is 0. The summed E-state index contributed by atoms with van der Waals surface area (Å²) in [5.74, 6) is -3.20. The van der Waals surface area contributed by atoms with E-state index in [9.17, 15) is 29.7 Å². The van der Waals surface area contributed by atoms with Gasteiger partial charge in [0.1, 0.15) is 5.75 Å². The van der Waals surface area contributed by atoms with E-state index in [2.05, 4.69) is 4.98 Å². The highest BCUT2D eigenvalue weighted by Gasteiger charge is 2.54. The first-order valence-corrected chi connectivity index (χ1v) is 16.2. The number of hydrogen-bond donors (Lipinski definition) is 4. The molecule has 1 saturated heterocycles. The average molecular weight is 627 g/mol. The van der Waals surface area contributed by atoms with E-state index >= 15 is 0 Å². The zero-order valence-corrected chi connectivity index (χ0v) is 26.1. The fourth-order valence-corrected chi connectivity index (χ4v) is 7.20. The van der Waals surface area contributed by atoms with Gasteiger partial charge in [-0.15, -0.1) is 0 Å². The molecule has 4 atom stereocenters. The predicted octanol–water partition coefficient (Wildman–Crippen LogP) is 5.59. The van der Waals surface area contributed by atoms with Crippen LogP contribution in [0.15, 0.2) is 71.9 Å². The number of rotatable bonds is 14. The number of fused-ring (bicyclic) bond motifs is 2. The van der Waals surface area contributed by atoms with E-state index in [1.807, 2.05) is 61.5 Å². The number of hydrogen-bond acceptors (Lipinski definition) is 7. The molecule has 1 fully saturated rings. The second-order valence-electron chi connectivity index (χ2n) is 12.2. The smallest absolute Gasteiger partial charge is 0.303 e. The van der Waals surface area contributed by atoms with E-state index in [1.54, 1.807) is 12.3 Å². The molecule has 3 aromatic rings. The SMILES string of the molecule is CCC1=C([C@H](O)CC/C(=C/c2ccc(O)c3ccccc23)c2ccccn2)[C@H](CO)[C@@H]2C(=O)N(CCCCCC(=O)O)C(=O)[C@@H]2C1. The van der Waals surface area contributed by atoms with E-state index in [1.165, 1.54) is 4.90 Å². The first-order valence-electron chi connectivity index (χ1n) is 16.2. The number of benzene rings is 2. The molecule has 1 aliphatic carbocycles. The molecule has 9 nitrogen and oxygen atoms in total. The Morgan fingerprint density at radius 2 is 1.76 bits per heavy atom. The zero-order valence-electron chi connectivity index (χ0n) is 26.1. The van der Waals surface area contributed by atoms with E-state index in [4.69, 9.17) is 5.11 Å². The van der Waals surface area contributed by atoms with Gasteiger partial charge in [-0.25, -0.2) is 0 Å². The van der Waals surface area contributed by atoms with Crippen LogP contribution in [0.25, 0.3) is 22.4 Å². The Morgan fingerprint density at radius 1 is 1.00 bits per heavy atom. The number of imide groups is 1. The lowest BCUT2D eigenvalue weighted by Crippen LogP contribution is -2.39. The van der Waals surface area contributed by atoms with Crippen molar-refractivity contribution in [3.8, 4) is 5.75 Å². The number of unbranched alkanes of at least 4 members (excludes halogenated alkanes) is 2. The van der Waals surface area contributed by atoms with Crippen LogP contribution >= 0.6 is 0 Å². The van der Waals surface area contributed by atoms with Crippen LogP contribution < -0.4 is 0 Å². The maximum atomic E-state index is 13.6. The molecule has 1 aliphatic heterocycles. The molecule has 46 heavy (non-hydrogen) atoms. The van der Waals surface area contributed by atoms with Crippen LogP contribution in [-0.4, -0.2) is 67.3 Å². The molecule has 4 N–H and O–H groups in total. The minimum Gasteiger partial charge on any atom is -0.507 e. The van der Waals surface area contributed by atoms with E-state index in [0.717, 1.165) is 33.2 Å². The number of likely N-dealkylation sites (tertiary alicyclic amines) is 1. The number of aliphatic carboxylic acids is 1. The molecule has 0 radical (unpaired) electrons. The van der Waals surface area contributed by atoms with Gasteiger partial charge in [-0.2, -0.15) is 0 Å². The highest BCUT2D eigenvalue weighted by molar-refractivity contribution is 6.06. The number of carbonyl (C=O) groups is 3. The summed E-state index contributed by atoms with van der Waals surface area (Å²) in [6.07, 6.45) is 6.18. The summed E-state index contributed by atoms with van der Waals surface area (Å²) in [5, 5.41) is 43.2. The molecule has 2 amide bonds. The molecule has 242 valence electrons. The van der Waals surface area contributed by atoms with Crippen LogP contribution in [0.1, 0.15) is 69.5 Å². The molecule has 2 heterocycles. The molecule has 9 heteroatoms. The first kappa shape index (κ1) is 33.0. The number of allylic oxidation sites excluding steroid dienone is 2. The molecular weight excluding hydrogens is 584 g/mol. The lowest BCUT2D eigenvalue weighted by atomic mass is 9.67. The fraction of sp³-hybridized carbons (Fsp3) is 0.405. The van der Waals surface area contributed by atoms with Crippen molar-refractivity contribution in [1.29, 1.82) is 0 Å². The number of nitrogens with zero attached hydrogens (tertiary/aromatic N) is 2. The van der Waals surface area contributed by atoms with Crippen molar-refractivity contribution in [1.82, 2.24) is 9.88 Å². The maximum Gasteiger partial charge on any atom is 0.303 e. The number of carboxylic acid groups (broad SMARTS) is 1. The molecule has 2 aliphatic rings. The third-order valence-electron chi connectivity index (χ3n) is 9.48. The van der Waals surface area contributed by atoms with Crippen molar-refractivity contribution in [2.24, 2.45) is 17.8 Å². The third-order valence-corrected chi connectivity index (χ3v) is 9.48. The van der Waals surface area contributed by atoms with Gasteiger partial charge in [0.05, 0.1) is 30.2 Å². The predicted molar refractivity (Wildman–Crippen MR) is 175 cm³/mol. The van der Waals surface area contributed by atoms with Crippen LogP contribution in [0.5, 0.6) is 5.75 Å². The Kier molecular flexibility index (Phi) is 10.7. The van der Waals surface area contributed by atoms with E-state index < -0.39 is 29.8 Å². The summed E-state index contributed by atoms with van der Waals surface area (Å²) in [4.78, 5) is 43.7. The average Bonchev–Trinajstić information content (AvgIpc) is 3.31. The molecule has 0 unspecified atom stereocenters. The largest absolute Gasteiger partial charge is 0.507 e. The molecule has 0 saturated carbocycles. The van der Waals surface area contributed by atoms with Crippen molar-refractivity contribution in [3.05, 3.63) is 83.2 Å². The standard InChI is InChI=1S/C37H42N2O7/c1-2-23-21-28-35(37(46)39(36(28)45)19-9-3-4-13-33(43)44)29(22-40)34(23)32(42)17-15-25(30-12-7-8-18-38-30)20-24-14-16-31(41)27-11-6-5-10-26(24)27/h5-8,10-12,14,16,18,20,28-29,32,35,40-42H,2-4,9,13,15,17,19,21-22H2,1H3,(H,43,44)/b25-20-/t28-,29+,32-,35-/m1/s1. The number of carboxylic acids is 1. The number of phenols is 1. The number of phenolic OH excluding ortho intramolecular Hbond substituents is 1. The monoisotopic (exact) mass is 626 g/mol. The molecular formula is C37H42N2O7. The first-order chi connectivity index (χ1) is 22.2. The van der Waals surface area contributed by atoms with Crippen molar-refractivity contribution >= 4 is 40.2 Å². The van der Waals surface area contributed by atoms with Gasteiger partial charge in [0.2, 0.25) is 11.8 Å². The van der Waals surface area contributed by atoms with Crippen LogP contribution in [0.2, 0.25) is 0 Å². The minimum absolute atomic E-state index is 0.0491. The Hall–Kier alpha value is -4.34. The Balaban J connectivity index is 1.38. The Bertz CT molecular complexity index is 1650. The number of aliphatic hydroxyl groups excluding tert-OH is 2. The van der Waals surface area contributed by atoms with Gasteiger partial charge in [0.15, 0.2) is 0 Å². The highest BCUT2D eigenvalue weighted by atomic mass is 16.4. The Morgan fingerprint density at radius 3 is 2.46 bits per heavy atom. The summed E-state index contributed by atoms with van der Waals surface area (Å²) in [7, 11) is 0. The van der Waals surface area contributed by atoms with Crippen molar-refractivity contribution in [2.45, 2.75) is 64.4 Å². The van der Waals surface area contributed by atoms with Gasteiger partial charge in [-0.05, 0) is 84.9 Å². The van der Waals surface area contributed by atoms with Gasteiger partial charge < -0.3 is 20.4 Å². The van der Waals surface area contributed by atoms with Gasteiger partial charge in [0, 0.05) is 30.5 Å². The maximum absolute atomic E-state index is 13.6. The number of amides is 2. The summed E-state index contributed by atoms with van der Waals surface area (Å²) < 4.78 is 0. The zero-order chi connectivity index (χ0) is 32.8. The quantitative estimate of drug-likeness (QED) is 0.103. The van der Waals surface area contributed by atoms with Gasteiger partial charge in [-0.1, -0.05) is 55.3 Å². The molecule has 5 rings (SSSR count). The fourth-order valence-electron chi connectivity index (χ4n) is 7.20. The number of aliphatic hydroxyl groups is 2. The molecule has 1 aromatic heterocycles. The van der Waals surface area contributed by atoms with E-state index in [0.29, 0.717) is 50.5 Å². The molecule has 2 aromatic carbocycles. The molecule has 0 spiro atoms. The number of aromatic nitrogens is 1. The molecule has 0 bridgehead atoms. The van der Waals surface area contributed by atoms with Gasteiger partial charge in [0.25, 0.3) is 0 Å². The number of pyridine rings is 1. The van der Waals surface area contributed by atoms with Crippen LogP contribution in [0.4, 0.5) is 0 Å². The third kappa shape index (κ3) is 6.90. The Labute approximate surface area is 268 Å². The van der Waals surface area contributed by atoms with Crippen molar-refractivity contribution in [3.63, 3.8) is 0 Å². The van der Waals surface area contributed by atoms with Gasteiger partial charge in [-0.3, -0.25) is 24.3 Å². The second-order valence-corrected chi connectivity index (χ2v) is 12.2. The minimum atomic E-state index is -0.940. The summed E-state index contributed by atoms with van der Waals surface area (Å²) in [6.45, 7) is 1.84. The lowest BCUT2D eigenvalue weighted by molar-refractivity contribution is -0.141. The number of aromatic hydroxyl groups is 1. The second kappa shape index (κ2) is 14.8. The number of carbonyl (C=O) groups excluding carboxylic acids is 2.